The van der Waals surface area contributed by atoms with Gasteiger partial charge < -0.3 is 14.4 Å². The molecule has 1 aromatic heterocycles. The third kappa shape index (κ3) is 3.99. The number of carbonyl (C=O) groups is 2. The van der Waals surface area contributed by atoms with Gasteiger partial charge in [0.15, 0.2) is 6.10 Å². The van der Waals surface area contributed by atoms with Gasteiger partial charge in [-0.25, -0.2) is 4.98 Å². The molecule has 5 rings (SSSR count). The quantitative estimate of drug-likeness (QED) is 0.613. The largest absolute Gasteiger partial charge is 0.476 e. The Balaban J connectivity index is 1.42. The molecule has 2 aromatic carbocycles. The average Bonchev–Trinajstić information content (AvgIpc) is 3.34. The average molecular weight is 450 g/mol. The Labute approximate surface area is 190 Å². The summed E-state index contributed by atoms with van der Waals surface area (Å²) in [5.41, 5.74) is 3.15. The second kappa shape index (κ2) is 8.72. The summed E-state index contributed by atoms with van der Waals surface area (Å²) in [6, 6.07) is 15.4. The number of morpholine rings is 1. The van der Waals surface area contributed by atoms with E-state index < -0.39 is 6.10 Å². The summed E-state index contributed by atoms with van der Waals surface area (Å²) < 4.78 is 11.4. The number of fused-ring (bicyclic) bond motifs is 1. The number of anilines is 1. The van der Waals surface area contributed by atoms with Crippen molar-refractivity contribution < 1.29 is 19.1 Å². The van der Waals surface area contributed by atoms with Gasteiger partial charge in [-0.05, 0) is 19.1 Å². The summed E-state index contributed by atoms with van der Waals surface area (Å²) in [6.45, 7) is 4.26. The molecular weight excluding hydrogens is 426 g/mol. The van der Waals surface area contributed by atoms with E-state index in [1.165, 1.54) is 16.9 Å². The fraction of sp³-hybridized carbons (Fsp3) is 0.292. The number of benzene rings is 2. The zero-order chi connectivity index (χ0) is 22.1. The van der Waals surface area contributed by atoms with Crippen LogP contribution in [0, 0.1) is 6.92 Å². The third-order valence-electron chi connectivity index (χ3n) is 5.64. The minimum atomic E-state index is -0.762. The number of hydrogen-bond acceptors (Lipinski definition) is 6. The molecule has 2 amide bonds. The SMILES string of the molecule is Cc1ccc(-c2nc(C(=O)N3CC(C(=O)N4CCOCC4)Oc4ccccc43)cs2)cc1. The van der Waals surface area contributed by atoms with Gasteiger partial charge in [0.05, 0.1) is 25.4 Å². The lowest BCUT2D eigenvalue weighted by Crippen LogP contribution is -2.54. The van der Waals surface area contributed by atoms with Crippen LogP contribution in [0.25, 0.3) is 10.6 Å². The summed E-state index contributed by atoms with van der Waals surface area (Å²) in [5, 5.41) is 2.56. The molecule has 8 heteroatoms. The molecule has 3 aromatic rings. The molecule has 32 heavy (non-hydrogen) atoms. The van der Waals surface area contributed by atoms with Gasteiger partial charge in [-0.3, -0.25) is 14.5 Å². The zero-order valence-electron chi connectivity index (χ0n) is 17.7. The van der Waals surface area contributed by atoms with Crippen LogP contribution in [-0.4, -0.2) is 60.7 Å². The molecule has 0 radical (unpaired) electrons. The summed E-state index contributed by atoms with van der Waals surface area (Å²) in [7, 11) is 0. The smallest absolute Gasteiger partial charge is 0.278 e. The molecule has 1 unspecified atom stereocenters. The zero-order valence-corrected chi connectivity index (χ0v) is 18.5. The van der Waals surface area contributed by atoms with Crippen molar-refractivity contribution in [2.24, 2.45) is 0 Å². The highest BCUT2D eigenvalue weighted by Crippen LogP contribution is 2.35. The number of hydrogen-bond donors (Lipinski definition) is 0. The standard InChI is InChI=1S/C24H23N3O4S/c1-16-6-8-17(9-7-16)22-25-18(15-32-22)23(28)27-14-21(24(29)26-10-12-30-13-11-26)31-20-5-3-2-4-19(20)27/h2-9,15,21H,10-14H2,1H3. The van der Waals surface area contributed by atoms with Crippen LogP contribution >= 0.6 is 11.3 Å². The van der Waals surface area contributed by atoms with E-state index in [-0.39, 0.29) is 18.4 Å². The van der Waals surface area contributed by atoms with Gasteiger partial charge in [-0.2, -0.15) is 0 Å². The van der Waals surface area contributed by atoms with Gasteiger partial charge in [-0.1, -0.05) is 42.0 Å². The maximum Gasteiger partial charge on any atom is 0.278 e. The van der Waals surface area contributed by atoms with Crippen molar-refractivity contribution in [2.45, 2.75) is 13.0 Å². The van der Waals surface area contributed by atoms with Crippen LogP contribution in [0.4, 0.5) is 5.69 Å². The molecule has 0 N–H and O–H groups in total. The Morgan fingerprint density at radius 1 is 1.06 bits per heavy atom. The van der Waals surface area contributed by atoms with E-state index in [1.807, 2.05) is 49.4 Å². The molecule has 0 aliphatic carbocycles. The minimum Gasteiger partial charge on any atom is -0.476 e. The highest BCUT2D eigenvalue weighted by molar-refractivity contribution is 7.13. The van der Waals surface area contributed by atoms with Crippen LogP contribution in [0.2, 0.25) is 0 Å². The Bertz CT molecular complexity index is 1140. The Morgan fingerprint density at radius 3 is 2.59 bits per heavy atom. The number of ether oxygens (including phenoxy) is 2. The molecule has 1 atom stereocenters. The Hall–Kier alpha value is -3.23. The molecule has 1 fully saturated rings. The van der Waals surface area contributed by atoms with Gasteiger partial charge in [0.2, 0.25) is 0 Å². The molecule has 164 valence electrons. The van der Waals surface area contributed by atoms with E-state index >= 15 is 0 Å². The normalized spacial score (nSPS) is 18.1. The highest BCUT2D eigenvalue weighted by Gasteiger charge is 2.37. The van der Waals surface area contributed by atoms with Gasteiger partial charge in [0.25, 0.3) is 11.8 Å². The first kappa shape index (κ1) is 20.7. The van der Waals surface area contributed by atoms with Crippen molar-refractivity contribution in [3.8, 4) is 16.3 Å². The molecule has 1 saturated heterocycles. The van der Waals surface area contributed by atoms with E-state index in [1.54, 1.807) is 21.2 Å². The number of aryl methyl sites for hydroxylation is 1. The number of nitrogens with zero attached hydrogens (tertiary/aromatic N) is 3. The van der Waals surface area contributed by atoms with Crippen LogP contribution in [0.5, 0.6) is 5.75 Å². The van der Waals surface area contributed by atoms with Gasteiger partial charge >= 0.3 is 0 Å². The lowest BCUT2D eigenvalue weighted by atomic mass is 10.1. The maximum atomic E-state index is 13.5. The third-order valence-corrected chi connectivity index (χ3v) is 6.53. The van der Waals surface area contributed by atoms with E-state index in [9.17, 15) is 9.59 Å². The van der Waals surface area contributed by atoms with Crippen molar-refractivity contribution >= 4 is 28.8 Å². The second-order valence-corrected chi connectivity index (χ2v) is 8.69. The molecule has 2 aliphatic heterocycles. The Morgan fingerprint density at radius 2 is 1.81 bits per heavy atom. The van der Waals surface area contributed by atoms with E-state index in [2.05, 4.69) is 4.98 Å². The summed E-state index contributed by atoms with van der Waals surface area (Å²) in [4.78, 5) is 34.5. The Kier molecular flexibility index (Phi) is 5.63. The van der Waals surface area contributed by atoms with E-state index in [0.717, 1.165) is 10.6 Å². The second-order valence-electron chi connectivity index (χ2n) is 7.83. The number of rotatable bonds is 3. The maximum absolute atomic E-state index is 13.5. The fourth-order valence-electron chi connectivity index (χ4n) is 3.88. The van der Waals surface area contributed by atoms with Gasteiger partial charge in [-0.15, -0.1) is 11.3 Å². The first-order valence-corrected chi connectivity index (χ1v) is 11.4. The lowest BCUT2D eigenvalue weighted by Gasteiger charge is -2.37. The molecule has 3 heterocycles. The number of aromatic nitrogens is 1. The first-order chi connectivity index (χ1) is 15.6. The molecule has 0 saturated carbocycles. The van der Waals surface area contributed by atoms with Crippen molar-refractivity contribution in [2.75, 3.05) is 37.7 Å². The van der Waals surface area contributed by atoms with E-state index in [0.29, 0.717) is 43.4 Å². The number of thiazole rings is 1. The van der Waals surface area contributed by atoms with Gasteiger partial charge in [0, 0.05) is 24.0 Å². The van der Waals surface area contributed by atoms with Crippen LogP contribution in [0.1, 0.15) is 16.1 Å². The summed E-state index contributed by atoms with van der Waals surface area (Å²) in [5.74, 6) is 0.155. The topological polar surface area (TPSA) is 72.0 Å². The van der Waals surface area contributed by atoms with Crippen LogP contribution in [0.3, 0.4) is 0 Å². The molecule has 2 aliphatic rings. The van der Waals surface area contributed by atoms with Gasteiger partial charge in [0.1, 0.15) is 16.5 Å². The van der Waals surface area contributed by atoms with Crippen molar-refractivity contribution in [3.63, 3.8) is 0 Å². The molecule has 0 spiro atoms. The predicted molar refractivity (Wildman–Crippen MR) is 122 cm³/mol. The first-order valence-electron chi connectivity index (χ1n) is 10.6. The van der Waals surface area contributed by atoms with Crippen molar-refractivity contribution in [3.05, 3.63) is 65.2 Å². The highest BCUT2D eigenvalue weighted by atomic mass is 32.1. The van der Waals surface area contributed by atoms with Crippen molar-refractivity contribution in [1.82, 2.24) is 9.88 Å². The number of amides is 2. The molecular formula is C24H23N3O4S. The van der Waals surface area contributed by atoms with Crippen molar-refractivity contribution in [1.29, 1.82) is 0 Å². The summed E-state index contributed by atoms with van der Waals surface area (Å²) >= 11 is 1.43. The number of carbonyl (C=O) groups excluding carboxylic acids is 2. The number of para-hydroxylation sites is 2. The lowest BCUT2D eigenvalue weighted by molar-refractivity contribution is -0.142. The molecule has 0 bridgehead atoms. The minimum absolute atomic E-state index is 0.126. The monoisotopic (exact) mass is 449 g/mol. The van der Waals surface area contributed by atoms with Crippen LogP contribution in [-0.2, 0) is 9.53 Å². The molecule has 7 nitrogen and oxygen atoms in total. The van der Waals surface area contributed by atoms with Crippen LogP contribution in [0.15, 0.2) is 53.9 Å². The summed E-state index contributed by atoms with van der Waals surface area (Å²) in [6.07, 6.45) is -0.762. The van der Waals surface area contributed by atoms with Crippen LogP contribution < -0.4 is 9.64 Å². The fourth-order valence-corrected chi connectivity index (χ4v) is 4.68. The van der Waals surface area contributed by atoms with E-state index in [4.69, 9.17) is 9.47 Å². The predicted octanol–water partition coefficient (Wildman–Crippen LogP) is 3.39.